The van der Waals surface area contributed by atoms with Crippen LogP contribution >= 0.6 is 15.9 Å². The van der Waals surface area contributed by atoms with Crippen molar-refractivity contribution in [1.82, 2.24) is 20.1 Å². The predicted octanol–water partition coefficient (Wildman–Crippen LogP) is 3.02. The zero-order valence-corrected chi connectivity index (χ0v) is 14.6. The Hall–Kier alpha value is -1.89. The lowest BCUT2D eigenvalue weighted by Gasteiger charge is -2.09. The van der Waals surface area contributed by atoms with E-state index < -0.39 is 0 Å². The fourth-order valence-corrected chi connectivity index (χ4v) is 2.73. The van der Waals surface area contributed by atoms with Gasteiger partial charge in [0.2, 0.25) is 0 Å². The highest BCUT2D eigenvalue weighted by Gasteiger charge is 2.14. The molecule has 0 unspecified atom stereocenters. The fourth-order valence-electron chi connectivity index (χ4n) is 2.40. The maximum Gasteiger partial charge on any atom is 0.320 e. The Morgan fingerprint density at radius 1 is 1.36 bits per heavy atom. The minimum atomic E-state index is -0.279. The van der Waals surface area contributed by atoms with Crippen LogP contribution in [0.3, 0.4) is 0 Å². The van der Waals surface area contributed by atoms with E-state index in [-0.39, 0.29) is 6.03 Å². The quantitative estimate of drug-likeness (QED) is 0.855. The molecule has 0 radical (unpaired) electrons. The Bertz CT molecular complexity index is 668. The molecule has 7 heteroatoms. The number of halogens is 1. The molecule has 0 aromatic carbocycles. The van der Waals surface area contributed by atoms with Gasteiger partial charge in [0.15, 0.2) is 0 Å². The van der Waals surface area contributed by atoms with E-state index in [0.29, 0.717) is 12.4 Å². The number of hydrogen-bond acceptors (Lipinski definition) is 3. The average Bonchev–Trinajstić information content (AvgIpc) is 2.80. The number of pyridine rings is 1. The van der Waals surface area contributed by atoms with E-state index >= 15 is 0 Å². The molecule has 0 aliphatic rings. The van der Waals surface area contributed by atoms with Crippen molar-refractivity contribution >= 4 is 27.8 Å². The summed E-state index contributed by atoms with van der Waals surface area (Å²) in [5.41, 5.74) is 3.28. The lowest BCUT2D eigenvalue weighted by Crippen LogP contribution is -2.29. The summed E-state index contributed by atoms with van der Waals surface area (Å²) in [6.45, 7) is 4.61. The number of rotatable bonds is 5. The number of hydrogen-bond donors (Lipinski definition) is 2. The molecule has 22 heavy (non-hydrogen) atoms. The number of urea groups is 1. The molecule has 0 saturated carbocycles. The number of aromatic nitrogens is 3. The van der Waals surface area contributed by atoms with Crippen LogP contribution in [-0.2, 0) is 26.4 Å². The zero-order chi connectivity index (χ0) is 16.1. The number of anilines is 1. The molecule has 118 valence electrons. The van der Waals surface area contributed by atoms with Gasteiger partial charge in [-0.05, 0) is 25.0 Å². The van der Waals surface area contributed by atoms with Gasteiger partial charge < -0.3 is 5.32 Å². The Labute approximate surface area is 138 Å². The van der Waals surface area contributed by atoms with Crippen LogP contribution in [0.25, 0.3) is 0 Å². The lowest BCUT2D eigenvalue weighted by atomic mass is 10.1. The Kier molecular flexibility index (Phi) is 5.54. The molecule has 0 atom stereocenters. The van der Waals surface area contributed by atoms with Gasteiger partial charge >= 0.3 is 6.03 Å². The second kappa shape index (κ2) is 7.40. The molecule has 0 fully saturated rings. The van der Waals surface area contributed by atoms with Gasteiger partial charge in [-0.15, -0.1) is 0 Å². The highest BCUT2D eigenvalue weighted by atomic mass is 79.9. The lowest BCUT2D eigenvalue weighted by molar-refractivity contribution is 0.251. The van der Waals surface area contributed by atoms with Crippen molar-refractivity contribution < 1.29 is 4.79 Å². The Morgan fingerprint density at radius 2 is 2.14 bits per heavy atom. The average molecular weight is 366 g/mol. The number of aryl methyl sites for hydroxylation is 2. The van der Waals surface area contributed by atoms with Crippen LogP contribution in [-0.4, -0.2) is 20.8 Å². The SMILES string of the molecule is CCc1nn(C)c(CC)c1CNC(=O)Nc1cc(Br)ccn1. The molecule has 2 heterocycles. The van der Waals surface area contributed by atoms with Crippen LogP contribution < -0.4 is 10.6 Å². The molecule has 2 amide bonds. The first-order chi connectivity index (χ1) is 10.5. The summed E-state index contributed by atoms with van der Waals surface area (Å²) < 4.78 is 2.76. The van der Waals surface area contributed by atoms with Crippen LogP contribution in [0.5, 0.6) is 0 Å². The summed E-state index contributed by atoms with van der Waals surface area (Å²) in [5, 5.41) is 10.1. The van der Waals surface area contributed by atoms with Gasteiger partial charge in [0, 0.05) is 35.5 Å². The summed E-state index contributed by atoms with van der Waals surface area (Å²) >= 11 is 3.35. The van der Waals surface area contributed by atoms with Crippen LogP contribution in [0.15, 0.2) is 22.8 Å². The van der Waals surface area contributed by atoms with Crippen LogP contribution in [0.1, 0.15) is 30.8 Å². The van der Waals surface area contributed by atoms with E-state index in [1.807, 2.05) is 11.7 Å². The standard InChI is InChI=1S/C15H20BrN5O/c1-4-12-11(13(5-2)21(3)20-12)9-18-15(22)19-14-8-10(16)6-7-17-14/h6-8H,4-5,9H2,1-3H3,(H2,17,18,19,22). The van der Waals surface area contributed by atoms with Crippen LogP contribution in [0.4, 0.5) is 10.6 Å². The van der Waals surface area contributed by atoms with Crippen molar-refractivity contribution in [2.75, 3.05) is 5.32 Å². The zero-order valence-electron chi connectivity index (χ0n) is 13.0. The molecule has 2 rings (SSSR count). The van der Waals surface area contributed by atoms with Gasteiger partial charge in [-0.1, -0.05) is 29.8 Å². The minimum Gasteiger partial charge on any atom is -0.334 e. The fraction of sp³-hybridized carbons (Fsp3) is 0.400. The largest absolute Gasteiger partial charge is 0.334 e. The van der Waals surface area contributed by atoms with Crippen molar-refractivity contribution in [3.8, 4) is 0 Å². The van der Waals surface area contributed by atoms with Crippen molar-refractivity contribution in [3.05, 3.63) is 39.8 Å². The van der Waals surface area contributed by atoms with Gasteiger partial charge in [-0.2, -0.15) is 5.10 Å². The number of carbonyl (C=O) groups excluding carboxylic acids is 1. The highest BCUT2D eigenvalue weighted by molar-refractivity contribution is 9.10. The predicted molar refractivity (Wildman–Crippen MR) is 89.8 cm³/mol. The van der Waals surface area contributed by atoms with Crippen molar-refractivity contribution in [1.29, 1.82) is 0 Å². The van der Waals surface area contributed by atoms with E-state index in [9.17, 15) is 4.79 Å². The van der Waals surface area contributed by atoms with Gasteiger partial charge in [0.25, 0.3) is 0 Å². The number of nitrogens with one attached hydrogen (secondary N) is 2. The first-order valence-electron chi connectivity index (χ1n) is 7.25. The van der Waals surface area contributed by atoms with E-state index in [0.717, 1.165) is 34.3 Å². The molecule has 0 saturated heterocycles. The van der Waals surface area contributed by atoms with Gasteiger partial charge in [-0.3, -0.25) is 10.00 Å². The molecular formula is C15H20BrN5O. The first kappa shape index (κ1) is 16.5. The summed E-state index contributed by atoms with van der Waals surface area (Å²) in [6, 6.07) is 3.27. The third kappa shape index (κ3) is 3.85. The first-order valence-corrected chi connectivity index (χ1v) is 8.04. The summed E-state index contributed by atoms with van der Waals surface area (Å²) in [5.74, 6) is 0.504. The second-order valence-electron chi connectivity index (χ2n) is 4.87. The number of carbonyl (C=O) groups is 1. The van der Waals surface area contributed by atoms with Gasteiger partial charge in [0.05, 0.1) is 5.69 Å². The summed E-state index contributed by atoms with van der Waals surface area (Å²) in [7, 11) is 1.94. The number of nitrogens with zero attached hydrogens (tertiary/aromatic N) is 3. The molecule has 2 aromatic heterocycles. The third-order valence-corrected chi connectivity index (χ3v) is 3.91. The highest BCUT2D eigenvalue weighted by Crippen LogP contribution is 2.15. The third-order valence-electron chi connectivity index (χ3n) is 3.42. The Morgan fingerprint density at radius 3 is 2.77 bits per heavy atom. The summed E-state index contributed by atoms with van der Waals surface area (Å²) in [4.78, 5) is 16.1. The van der Waals surface area contributed by atoms with Gasteiger partial charge in [-0.25, -0.2) is 9.78 Å². The second-order valence-corrected chi connectivity index (χ2v) is 5.79. The molecular weight excluding hydrogens is 346 g/mol. The van der Waals surface area contributed by atoms with Crippen LogP contribution in [0, 0.1) is 0 Å². The molecule has 2 N–H and O–H groups in total. The monoisotopic (exact) mass is 365 g/mol. The minimum absolute atomic E-state index is 0.279. The van der Waals surface area contributed by atoms with Crippen molar-refractivity contribution in [2.45, 2.75) is 33.2 Å². The van der Waals surface area contributed by atoms with E-state index in [2.05, 4.69) is 50.5 Å². The molecule has 0 aliphatic carbocycles. The van der Waals surface area contributed by atoms with Gasteiger partial charge in [0.1, 0.15) is 5.82 Å². The normalized spacial score (nSPS) is 10.5. The van der Waals surface area contributed by atoms with Crippen molar-refractivity contribution in [3.63, 3.8) is 0 Å². The Balaban J connectivity index is 2.02. The molecule has 6 nitrogen and oxygen atoms in total. The smallest absolute Gasteiger partial charge is 0.320 e. The molecule has 0 spiro atoms. The molecule has 0 bridgehead atoms. The topological polar surface area (TPSA) is 71.8 Å². The van der Waals surface area contributed by atoms with Crippen molar-refractivity contribution in [2.24, 2.45) is 7.05 Å². The number of amides is 2. The molecule has 0 aliphatic heterocycles. The maximum absolute atomic E-state index is 12.0. The van der Waals surface area contributed by atoms with E-state index in [1.54, 1.807) is 18.3 Å². The summed E-state index contributed by atoms with van der Waals surface area (Å²) in [6.07, 6.45) is 3.36. The van der Waals surface area contributed by atoms with E-state index in [1.165, 1.54) is 0 Å². The van der Waals surface area contributed by atoms with Crippen LogP contribution in [0.2, 0.25) is 0 Å². The molecule has 2 aromatic rings. The van der Waals surface area contributed by atoms with E-state index in [4.69, 9.17) is 0 Å². The maximum atomic E-state index is 12.0.